The van der Waals surface area contributed by atoms with Gasteiger partial charge in [-0.25, -0.2) is 0 Å². The highest BCUT2D eigenvalue weighted by molar-refractivity contribution is 5.50. The number of hydrogen-bond donors (Lipinski definition) is 0. The van der Waals surface area contributed by atoms with Gasteiger partial charge in [-0.15, -0.1) is 0 Å². The van der Waals surface area contributed by atoms with E-state index in [1.165, 1.54) is 12.0 Å². The van der Waals surface area contributed by atoms with Crippen LogP contribution in [0.5, 0.6) is 5.75 Å². The summed E-state index contributed by atoms with van der Waals surface area (Å²) in [5.74, 6) is 2.31. The molecule has 0 spiro atoms. The van der Waals surface area contributed by atoms with E-state index in [0.29, 0.717) is 5.92 Å². The molecule has 18 heavy (non-hydrogen) atoms. The van der Waals surface area contributed by atoms with E-state index in [4.69, 9.17) is 9.47 Å². The van der Waals surface area contributed by atoms with Crippen LogP contribution >= 0.6 is 0 Å². The highest BCUT2D eigenvalue weighted by atomic mass is 16.5. The molecule has 1 aromatic carbocycles. The van der Waals surface area contributed by atoms with Crippen molar-refractivity contribution in [1.29, 1.82) is 0 Å². The lowest BCUT2D eigenvalue weighted by atomic mass is 9.95. The third kappa shape index (κ3) is 3.39. The predicted molar refractivity (Wildman–Crippen MR) is 74.5 cm³/mol. The molecule has 0 aromatic heterocycles. The van der Waals surface area contributed by atoms with Crippen LogP contribution in [-0.2, 0) is 4.74 Å². The van der Waals surface area contributed by atoms with Gasteiger partial charge in [0.2, 0.25) is 0 Å². The quantitative estimate of drug-likeness (QED) is 0.795. The molecular formula is C16H20O2. The normalized spacial score (nSPS) is 19.8. The van der Waals surface area contributed by atoms with Crippen molar-refractivity contribution in [3.8, 4) is 5.75 Å². The molecule has 1 heterocycles. The van der Waals surface area contributed by atoms with Gasteiger partial charge in [0.05, 0.1) is 19.5 Å². The molecule has 0 saturated carbocycles. The molecule has 96 valence electrons. The molecule has 1 fully saturated rings. The van der Waals surface area contributed by atoms with Crippen molar-refractivity contribution in [2.24, 2.45) is 5.92 Å². The van der Waals surface area contributed by atoms with E-state index in [-0.39, 0.29) is 0 Å². The van der Waals surface area contributed by atoms with Crippen LogP contribution in [0.3, 0.4) is 0 Å². The second-order valence-electron chi connectivity index (χ2n) is 4.57. The van der Waals surface area contributed by atoms with Crippen molar-refractivity contribution in [3.05, 3.63) is 48.2 Å². The molecule has 0 N–H and O–H groups in total. The molecule has 0 aliphatic carbocycles. The van der Waals surface area contributed by atoms with Crippen LogP contribution in [0.25, 0.3) is 6.08 Å². The summed E-state index contributed by atoms with van der Waals surface area (Å²) in [5.41, 5.74) is 1.19. The van der Waals surface area contributed by atoms with Gasteiger partial charge in [0.25, 0.3) is 0 Å². The summed E-state index contributed by atoms with van der Waals surface area (Å²) >= 11 is 0. The molecule has 2 rings (SSSR count). The Balaban J connectivity index is 1.88. The van der Waals surface area contributed by atoms with Gasteiger partial charge >= 0.3 is 0 Å². The van der Waals surface area contributed by atoms with Gasteiger partial charge in [-0.1, -0.05) is 30.9 Å². The van der Waals surface area contributed by atoms with Gasteiger partial charge in [-0.2, -0.15) is 0 Å². The molecule has 2 nitrogen and oxygen atoms in total. The first kappa shape index (κ1) is 12.7. The van der Waals surface area contributed by atoms with E-state index in [1.807, 2.05) is 12.1 Å². The lowest BCUT2D eigenvalue weighted by molar-refractivity contribution is 0.130. The fraction of sp³-hybridized carbons (Fsp3) is 0.375. The Labute approximate surface area is 109 Å². The number of hydrogen-bond acceptors (Lipinski definition) is 2. The third-order valence-corrected chi connectivity index (χ3v) is 3.29. The fourth-order valence-electron chi connectivity index (χ4n) is 2.14. The Kier molecular flexibility index (Phi) is 4.46. The maximum atomic E-state index is 5.48. The zero-order valence-electron chi connectivity index (χ0n) is 10.9. The summed E-state index contributed by atoms with van der Waals surface area (Å²) in [6.45, 7) is 4.80. The number of methoxy groups -OCH3 is 1. The SMILES string of the molecule is C=C1OCCCC1C/C=C/c1ccc(OC)cc1. The maximum absolute atomic E-state index is 5.48. The molecule has 0 bridgehead atoms. The Hall–Kier alpha value is -1.70. The number of ether oxygens (including phenoxy) is 2. The van der Waals surface area contributed by atoms with Gasteiger partial charge in [0.1, 0.15) is 5.75 Å². The van der Waals surface area contributed by atoms with Crippen molar-refractivity contribution >= 4 is 6.08 Å². The van der Waals surface area contributed by atoms with Gasteiger partial charge in [0, 0.05) is 5.92 Å². The summed E-state index contributed by atoms with van der Waals surface area (Å²) in [6, 6.07) is 8.06. The van der Waals surface area contributed by atoms with Crippen molar-refractivity contribution in [2.45, 2.75) is 19.3 Å². The summed E-state index contributed by atoms with van der Waals surface area (Å²) in [7, 11) is 1.68. The standard InChI is InChI=1S/C16H20O2/c1-13-15(7-4-12-18-13)6-3-5-14-8-10-16(17-2)11-9-14/h3,5,8-11,15H,1,4,6-7,12H2,2H3/b5-3+. The van der Waals surface area contributed by atoms with Crippen LogP contribution in [-0.4, -0.2) is 13.7 Å². The second kappa shape index (κ2) is 6.29. The third-order valence-electron chi connectivity index (χ3n) is 3.29. The minimum absolute atomic E-state index is 0.480. The Morgan fingerprint density at radius 2 is 2.17 bits per heavy atom. The minimum atomic E-state index is 0.480. The maximum Gasteiger partial charge on any atom is 0.118 e. The van der Waals surface area contributed by atoms with Crippen molar-refractivity contribution < 1.29 is 9.47 Å². The molecule has 1 aliphatic rings. The molecule has 0 radical (unpaired) electrons. The zero-order chi connectivity index (χ0) is 12.8. The van der Waals surface area contributed by atoms with Gasteiger partial charge in [-0.3, -0.25) is 0 Å². The molecule has 1 atom stereocenters. The molecule has 1 aromatic rings. The average molecular weight is 244 g/mol. The Bertz CT molecular complexity index is 417. The summed E-state index contributed by atoms with van der Waals surface area (Å²) in [4.78, 5) is 0. The summed E-state index contributed by atoms with van der Waals surface area (Å²) < 4.78 is 10.6. The van der Waals surface area contributed by atoms with E-state index in [9.17, 15) is 0 Å². The van der Waals surface area contributed by atoms with E-state index in [2.05, 4.69) is 30.9 Å². The number of benzene rings is 1. The summed E-state index contributed by atoms with van der Waals surface area (Å²) in [6.07, 6.45) is 7.67. The zero-order valence-corrected chi connectivity index (χ0v) is 10.9. The molecule has 1 saturated heterocycles. The molecule has 1 aliphatic heterocycles. The number of allylic oxidation sites excluding steroid dienone is 2. The number of rotatable bonds is 4. The van der Waals surface area contributed by atoms with Crippen LogP contribution in [0.2, 0.25) is 0 Å². The molecule has 0 amide bonds. The van der Waals surface area contributed by atoms with Crippen LogP contribution in [0.4, 0.5) is 0 Å². The van der Waals surface area contributed by atoms with Gasteiger partial charge in [0.15, 0.2) is 0 Å². The van der Waals surface area contributed by atoms with Crippen LogP contribution in [0.1, 0.15) is 24.8 Å². The Morgan fingerprint density at radius 1 is 1.39 bits per heavy atom. The first-order chi connectivity index (χ1) is 8.79. The highest BCUT2D eigenvalue weighted by Gasteiger charge is 2.16. The topological polar surface area (TPSA) is 18.5 Å². The van der Waals surface area contributed by atoms with E-state index >= 15 is 0 Å². The largest absolute Gasteiger partial charge is 0.498 e. The van der Waals surface area contributed by atoms with Crippen LogP contribution < -0.4 is 4.74 Å². The average Bonchev–Trinajstić information content (AvgIpc) is 2.42. The van der Waals surface area contributed by atoms with Gasteiger partial charge < -0.3 is 9.47 Å². The fourth-order valence-corrected chi connectivity index (χ4v) is 2.14. The Morgan fingerprint density at radius 3 is 2.83 bits per heavy atom. The van der Waals surface area contributed by atoms with Crippen LogP contribution in [0, 0.1) is 5.92 Å². The van der Waals surface area contributed by atoms with Crippen molar-refractivity contribution in [3.63, 3.8) is 0 Å². The highest BCUT2D eigenvalue weighted by Crippen LogP contribution is 2.26. The molecular weight excluding hydrogens is 224 g/mol. The second-order valence-corrected chi connectivity index (χ2v) is 4.57. The van der Waals surface area contributed by atoms with Crippen LogP contribution in [0.15, 0.2) is 42.7 Å². The lowest BCUT2D eigenvalue weighted by Crippen LogP contribution is -2.13. The van der Waals surface area contributed by atoms with Crippen molar-refractivity contribution in [2.75, 3.05) is 13.7 Å². The van der Waals surface area contributed by atoms with E-state index in [0.717, 1.165) is 31.0 Å². The minimum Gasteiger partial charge on any atom is -0.498 e. The van der Waals surface area contributed by atoms with E-state index in [1.54, 1.807) is 7.11 Å². The first-order valence-corrected chi connectivity index (χ1v) is 6.42. The van der Waals surface area contributed by atoms with E-state index < -0.39 is 0 Å². The smallest absolute Gasteiger partial charge is 0.118 e. The first-order valence-electron chi connectivity index (χ1n) is 6.42. The predicted octanol–water partition coefficient (Wildman–Crippen LogP) is 4.04. The lowest BCUT2D eigenvalue weighted by Gasteiger charge is -2.23. The molecule has 1 unspecified atom stereocenters. The van der Waals surface area contributed by atoms with Gasteiger partial charge in [-0.05, 0) is 37.0 Å². The summed E-state index contributed by atoms with van der Waals surface area (Å²) in [5, 5.41) is 0. The molecule has 2 heteroatoms. The monoisotopic (exact) mass is 244 g/mol. The van der Waals surface area contributed by atoms with Crippen molar-refractivity contribution in [1.82, 2.24) is 0 Å².